The molecule has 0 aromatic heterocycles. The van der Waals surface area contributed by atoms with Crippen molar-refractivity contribution in [3.8, 4) is 24.7 Å². The lowest BCUT2D eigenvalue weighted by Crippen LogP contribution is -2.47. The Morgan fingerprint density at radius 1 is 0.955 bits per heavy atom. The van der Waals surface area contributed by atoms with Crippen LogP contribution in [0.2, 0.25) is 6.55 Å². The SMILES string of the molecule is C#Cc1cccc(N[Si](C)(C=C)Nc2cccc(C#C)c2)c1. The zero-order valence-electron chi connectivity index (χ0n) is 12.6. The molecule has 22 heavy (non-hydrogen) atoms. The van der Waals surface area contributed by atoms with Gasteiger partial charge in [0.1, 0.15) is 0 Å². The molecule has 0 saturated carbocycles. The van der Waals surface area contributed by atoms with Gasteiger partial charge < -0.3 is 9.96 Å². The Morgan fingerprint density at radius 2 is 1.41 bits per heavy atom. The van der Waals surface area contributed by atoms with Gasteiger partial charge in [-0.2, -0.15) is 0 Å². The summed E-state index contributed by atoms with van der Waals surface area (Å²) in [5, 5.41) is 0. The van der Waals surface area contributed by atoms with Gasteiger partial charge in [0.15, 0.2) is 0 Å². The summed E-state index contributed by atoms with van der Waals surface area (Å²) in [5.74, 6) is 5.29. The van der Waals surface area contributed by atoms with E-state index in [1.54, 1.807) is 0 Å². The van der Waals surface area contributed by atoms with Crippen molar-refractivity contribution >= 4 is 19.8 Å². The molecule has 0 heterocycles. The topological polar surface area (TPSA) is 24.1 Å². The largest absolute Gasteiger partial charge is 0.391 e. The van der Waals surface area contributed by atoms with Crippen molar-refractivity contribution in [2.75, 3.05) is 9.96 Å². The molecule has 3 heteroatoms. The fraction of sp³-hybridized carbons (Fsp3) is 0.0526. The van der Waals surface area contributed by atoms with Crippen LogP contribution in [0.3, 0.4) is 0 Å². The van der Waals surface area contributed by atoms with Gasteiger partial charge in [0, 0.05) is 22.5 Å². The van der Waals surface area contributed by atoms with E-state index in [2.05, 4.69) is 34.9 Å². The van der Waals surface area contributed by atoms with Gasteiger partial charge in [-0.1, -0.05) is 29.7 Å². The summed E-state index contributed by atoms with van der Waals surface area (Å²) in [6.45, 7) is 6.10. The van der Waals surface area contributed by atoms with Crippen LogP contribution in [0.15, 0.2) is 60.8 Å². The summed E-state index contributed by atoms with van der Waals surface area (Å²) in [7, 11) is -2.15. The lowest BCUT2D eigenvalue weighted by atomic mass is 10.2. The van der Waals surface area contributed by atoms with E-state index in [4.69, 9.17) is 12.8 Å². The first kappa shape index (κ1) is 15.5. The third-order valence-corrected chi connectivity index (χ3v) is 5.71. The second-order valence-electron chi connectivity index (χ2n) is 5.11. The van der Waals surface area contributed by atoms with E-state index < -0.39 is 8.40 Å². The molecule has 0 amide bonds. The molecule has 2 rings (SSSR count). The number of terminal acetylenes is 2. The first-order valence-electron chi connectivity index (χ1n) is 6.92. The molecule has 0 fully saturated rings. The molecule has 0 spiro atoms. The van der Waals surface area contributed by atoms with Gasteiger partial charge >= 0.3 is 0 Å². The van der Waals surface area contributed by atoms with E-state index in [-0.39, 0.29) is 0 Å². The quantitative estimate of drug-likeness (QED) is 0.645. The first-order chi connectivity index (χ1) is 10.6. The zero-order chi connectivity index (χ0) is 16.0. The maximum atomic E-state index is 5.45. The van der Waals surface area contributed by atoms with E-state index in [1.165, 1.54) is 0 Å². The van der Waals surface area contributed by atoms with Gasteiger partial charge in [-0.15, -0.1) is 19.4 Å². The number of rotatable bonds is 5. The maximum Gasteiger partial charge on any atom is 0.281 e. The van der Waals surface area contributed by atoms with E-state index >= 15 is 0 Å². The molecule has 2 nitrogen and oxygen atoms in total. The lowest BCUT2D eigenvalue weighted by molar-refractivity contribution is 1.53. The molecule has 2 aromatic rings. The molecule has 0 aliphatic rings. The summed E-state index contributed by atoms with van der Waals surface area (Å²) in [4.78, 5) is 7.06. The predicted molar refractivity (Wildman–Crippen MR) is 97.8 cm³/mol. The average Bonchev–Trinajstić information content (AvgIpc) is 2.55. The summed E-state index contributed by atoms with van der Waals surface area (Å²) in [6.07, 6.45) is 10.9. The molecule has 0 aliphatic heterocycles. The Labute approximate surface area is 133 Å². The van der Waals surface area contributed by atoms with E-state index in [9.17, 15) is 0 Å². The van der Waals surface area contributed by atoms with Crippen molar-refractivity contribution in [2.45, 2.75) is 6.55 Å². The minimum Gasteiger partial charge on any atom is -0.391 e. The first-order valence-corrected chi connectivity index (χ1v) is 9.49. The fourth-order valence-electron chi connectivity index (χ4n) is 2.11. The standard InChI is InChI=1S/C19H18N2Si/c1-5-16-10-8-12-18(14-16)20-22(4,7-3)21-19-13-9-11-17(6-2)15-19/h1-2,7-15,20-21H,3H2,4H3. The Bertz CT molecular complexity index is 706. The zero-order valence-corrected chi connectivity index (χ0v) is 13.6. The third kappa shape index (κ3) is 3.82. The molecule has 2 N–H and O–H groups in total. The molecule has 108 valence electrons. The van der Waals surface area contributed by atoms with Crippen LogP contribution in [0.1, 0.15) is 11.1 Å². The van der Waals surface area contributed by atoms with Gasteiger partial charge in [-0.05, 0) is 42.9 Å². The van der Waals surface area contributed by atoms with Crippen LogP contribution in [0.5, 0.6) is 0 Å². The van der Waals surface area contributed by atoms with E-state index in [0.717, 1.165) is 22.5 Å². The van der Waals surface area contributed by atoms with Crippen molar-refractivity contribution in [3.05, 3.63) is 71.9 Å². The molecule has 0 bridgehead atoms. The van der Waals surface area contributed by atoms with Crippen LogP contribution >= 0.6 is 0 Å². The highest BCUT2D eigenvalue weighted by atomic mass is 28.3. The molecular formula is C19H18N2Si. The minimum absolute atomic E-state index is 0.847. The number of nitrogens with one attached hydrogen (secondary N) is 2. The summed E-state index contributed by atoms with van der Waals surface area (Å²) >= 11 is 0. The number of benzene rings is 2. The number of hydrogen-bond donors (Lipinski definition) is 2. The highest BCUT2D eigenvalue weighted by Gasteiger charge is 2.24. The molecular weight excluding hydrogens is 284 g/mol. The van der Waals surface area contributed by atoms with Crippen molar-refractivity contribution in [2.24, 2.45) is 0 Å². The van der Waals surface area contributed by atoms with Crippen molar-refractivity contribution in [1.82, 2.24) is 0 Å². The maximum absolute atomic E-state index is 5.45. The van der Waals surface area contributed by atoms with Crippen LogP contribution in [0.25, 0.3) is 0 Å². The van der Waals surface area contributed by atoms with Crippen LogP contribution in [0.4, 0.5) is 11.4 Å². The summed E-state index contributed by atoms with van der Waals surface area (Å²) < 4.78 is 0. The molecule has 0 saturated heterocycles. The van der Waals surface area contributed by atoms with Crippen LogP contribution in [-0.2, 0) is 0 Å². The van der Waals surface area contributed by atoms with Crippen LogP contribution in [-0.4, -0.2) is 8.40 Å². The highest BCUT2D eigenvalue weighted by molar-refractivity contribution is 6.88. The van der Waals surface area contributed by atoms with Gasteiger partial charge in [-0.3, -0.25) is 0 Å². The Kier molecular flexibility index (Phi) is 4.73. The second-order valence-corrected chi connectivity index (χ2v) is 8.42. The highest BCUT2D eigenvalue weighted by Crippen LogP contribution is 2.18. The lowest BCUT2D eigenvalue weighted by Gasteiger charge is -2.28. The van der Waals surface area contributed by atoms with Crippen LogP contribution < -0.4 is 9.96 Å². The van der Waals surface area contributed by atoms with Gasteiger partial charge in [-0.25, -0.2) is 0 Å². The molecule has 0 unspecified atom stereocenters. The van der Waals surface area contributed by atoms with E-state index in [1.807, 2.05) is 54.2 Å². The molecule has 0 aliphatic carbocycles. The normalized spacial score (nSPS) is 10.1. The average molecular weight is 302 g/mol. The Morgan fingerprint density at radius 3 is 1.77 bits per heavy atom. The Hall–Kier alpha value is -2.88. The van der Waals surface area contributed by atoms with Crippen molar-refractivity contribution < 1.29 is 0 Å². The molecule has 0 radical (unpaired) electrons. The minimum atomic E-state index is -2.15. The third-order valence-electron chi connectivity index (χ3n) is 3.27. The fourth-order valence-corrected chi connectivity index (χ4v) is 3.88. The van der Waals surface area contributed by atoms with Gasteiger partial charge in [0.2, 0.25) is 0 Å². The Balaban J connectivity index is 2.23. The summed E-state index contributed by atoms with van der Waals surface area (Å²) in [5.41, 5.74) is 5.59. The van der Waals surface area contributed by atoms with Gasteiger partial charge in [0.05, 0.1) is 0 Å². The monoisotopic (exact) mass is 302 g/mol. The van der Waals surface area contributed by atoms with Crippen LogP contribution in [0, 0.1) is 24.7 Å². The number of hydrogen-bond acceptors (Lipinski definition) is 2. The van der Waals surface area contributed by atoms with Crippen molar-refractivity contribution in [3.63, 3.8) is 0 Å². The van der Waals surface area contributed by atoms with Gasteiger partial charge in [0.25, 0.3) is 8.40 Å². The molecule has 2 aromatic carbocycles. The second kappa shape index (κ2) is 6.71. The smallest absolute Gasteiger partial charge is 0.281 e. The molecule has 0 atom stereocenters. The van der Waals surface area contributed by atoms with Crippen molar-refractivity contribution in [1.29, 1.82) is 0 Å². The van der Waals surface area contributed by atoms with E-state index in [0.29, 0.717) is 0 Å². The predicted octanol–water partition coefficient (Wildman–Crippen LogP) is 3.97. The summed E-state index contributed by atoms with van der Waals surface area (Å²) in [6, 6.07) is 15.6. The number of anilines is 2.